The summed E-state index contributed by atoms with van der Waals surface area (Å²) >= 11 is 0. The van der Waals surface area contributed by atoms with E-state index in [2.05, 4.69) is 0 Å². The predicted molar refractivity (Wildman–Crippen MR) is 33.7 cm³/mol. The Morgan fingerprint density at radius 3 is 1.60 bits per heavy atom. The Bertz CT molecular complexity index is 11.6. The van der Waals surface area contributed by atoms with Crippen molar-refractivity contribution in [2.24, 2.45) is 0 Å². The summed E-state index contributed by atoms with van der Waals surface area (Å²) < 4.78 is 0. The zero-order chi connectivity index (χ0) is 2.71. The van der Waals surface area contributed by atoms with Crippen molar-refractivity contribution < 1.29 is 4.80 Å². The van der Waals surface area contributed by atoms with Gasteiger partial charge in [-0.3, -0.25) is 0 Å². The van der Waals surface area contributed by atoms with Gasteiger partial charge in [0.25, 0.3) is 0 Å². The maximum atomic E-state index is 7.71. The van der Waals surface area contributed by atoms with E-state index in [0.29, 0.717) is 0 Å². The molecule has 0 bridgehead atoms. The molecule has 0 radical (unpaired) electrons. The fraction of sp³-hybridized carbons (Fsp3) is 1.00. The standard InChI is InChI=1S/CH6OSi.Al.Na.4H/c1-3-2;;;;;;/h2H,3H2,1H3;;;;;;. The number of rotatable bonds is 0. The Labute approximate surface area is 67.5 Å². The van der Waals surface area contributed by atoms with E-state index >= 15 is 0 Å². The van der Waals surface area contributed by atoms with E-state index in [1.54, 1.807) is 0 Å². The Hall–Kier alpha value is 1.71. The molecule has 0 fully saturated rings. The van der Waals surface area contributed by atoms with Crippen LogP contribution in [0.4, 0.5) is 0 Å². The molecular formula is CH10AlNaOSi. The fourth-order valence-corrected chi connectivity index (χ4v) is 0. The van der Waals surface area contributed by atoms with Gasteiger partial charge in [0, 0.05) is 0 Å². The van der Waals surface area contributed by atoms with Crippen LogP contribution in [-0.4, -0.2) is 61.5 Å². The average molecular weight is 116 g/mol. The molecule has 5 heavy (non-hydrogen) atoms. The molecule has 0 rings (SSSR count). The molecule has 0 saturated carbocycles. The SMILES string of the molecule is C[SiH2]O.[AlH3].[NaH]. The zero-order valence-electron chi connectivity index (χ0n) is 2.15. The van der Waals surface area contributed by atoms with Crippen LogP contribution in [0.3, 0.4) is 0 Å². The molecule has 0 aliphatic rings. The van der Waals surface area contributed by atoms with Gasteiger partial charge in [0.2, 0.25) is 0 Å². The summed E-state index contributed by atoms with van der Waals surface area (Å²) in [6.45, 7) is 1.82. The van der Waals surface area contributed by atoms with Crippen molar-refractivity contribution in [3.8, 4) is 0 Å². The molecule has 0 saturated heterocycles. The summed E-state index contributed by atoms with van der Waals surface area (Å²) in [4.78, 5) is 7.71. The first-order chi connectivity index (χ1) is 1.41. The van der Waals surface area contributed by atoms with Crippen LogP contribution >= 0.6 is 0 Å². The molecule has 0 aliphatic heterocycles. The van der Waals surface area contributed by atoms with Crippen molar-refractivity contribution in [2.75, 3.05) is 0 Å². The van der Waals surface area contributed by atoms with Gasteiger partial charge in [-0.15, -0.1) is 0 Å². The molecule has 0 aromatic heterocycles. The summed E-state index contributed by atoms with van der Waals surface area (Å²) in [5.41, 5.74) is 0. The van der Waals surface area contributed by atoms with Crippen LogP contribution in [0, 0.1) is 0 Å². The van der Waals surface area contributed by atoms with Crippen LogP contribution in [0.1, 0.15) is 0 Å². The number of hydrogen-bond donors (Lipinski definition) is 1. The summed E-state index contributed by atoms with van der Waals surface area (Å²) in [7, 11) is -0.583. The van der Waals surface area contributed by atoms with E-state index in [4.69, 9.17) is 4.80 Å². The molecule has 0 amide bonds. The first-order valence-electron chi connectivity index (χ1n) is 1.02. The molecule has 0 aromatic rings. The van der Waals surface area contributed by atoms with E-state index in [1.807, 2.05) is 6.55 Å². The van der Waals surface area contributed by atoms with Gasteiger partial charge in [0.15, 0.2) is 27.1 Å². The van der Waals surface area contributed by atoms with Crippen LogP contribution < -0.4 is 0 Å². The normalized spacial score (nSPS) is 6.00. The quantitative estimate of drug-likeness (QED) is 0.341. The van der Waals surface area contributed by atoms with Gasteiger partial charge in [-0.1, -0.05) is 6.55 Å². The Morgan fingerprint density at radius 1 is 1.60 bits per heavy atom. The van der Waals surface area contributed by atoms with Gasteiger partial charge in [-0.25, -0.2) is 0 Å². The van der Waals surface area contributed by atoms with Crippen LogP contribution in [0.2, 0.25) is 6.55 Å². The molecule has 4 heteroatoms. The zero-order valence-corrected chi connectivity index (χ0v) is 3.57. The van der Waals surface area contributed by atoms with Crippen LogP contribution in [0.25, 0.3) is 0 Å². The third kappa shape index (κ3) is 26.9. The first kappa shape index (κ1) is 15.9. The fourth-order valence-electron chi connectivity index (χ4n) is 0. The average Bonchev–Trinajstić information content (AvgIpc) is 0.918. The third-order valence-corrected chi connectivity index (χ3v) is 0. The van der Waals surface area contributed by atoms with Gasteiger partial charge < -0.3 is 4.80 Å². The van der Waals surface area contributed by atoms with Crippen LogP contribution in [0.5, 0.6) is 0 Å². The van der Waals surface area contributed by atoms with E-state index in [-0.39, 0.29) is 46.9 Å². The first-order valence-corrected chi connectivity index (χ1v) is 3.07. The topological polar surface area (TPSA) is 20.2 Å². The monoisotopic (exact) mass is 116 g/mol. The van der Waals surface area contributed by atoms with E-state index in [9.17, 15) is 0 Å². The second-order valence-electron chi connectivity index (χ2n) is 0.316. The van der Waals surface area contributed by atoms with Crippen molar-refractivity contribution in [2.45, 2.75) is 6.55 Å². The van der Waals surface area contributed by atoms with E-state index in [0.717, 1.165) is 0 Å². The second kappa shape index (κ2) is 17.2. The molecular weight excluding hydrogens is 106 g/mol. The predicted octanol–water partition coefficient (Wildman–Crippen LogP) is -2.72. The third-order valence-electron chi connectivity index (χ3n) is 0. The van der Waals surface area contributed by atoms with Gasteiger partial charge in [0.1, 0.15) is 0 Å². The van der Waals surface area contributed by atoms with Crippen LogP contribution in [-0.2, 0) is 0 Å². The van der Waals surface area contributed by atoms with Crippen molar-refractivity contribution in [1.82, 2.24) is 0 Å². The van der Waals surface area contributed by atoms with Crippen molar-refractivity contribution in [1.29, 1.82) is 0 Å². The van der Waals surface area contributed by atoms with Gasteiger partial charge >= 0.3 is 29.6 Å². The molecule has 1 N–H and O–H groups in total. The summed E-state index contributed by atoms with van der Waals surface area (Å²) in [6, 6.07) is 0. The van der Waals surface area contributed by atoms with Crippen molar-refractivity contribution >= 4 is 56.7 Å². The van der Waals surface area contributed by atoms with Gasteiger partial charge in [-0.05, 0) is 0 Å². The molecule has 28 valence electrons. The Balaban J connectivity index is -0.0000000200. The van der Waals surface area contributed by atoms with Gasteiger partial charge in [-0.2, -0.15) is 0 Å². The van der Waals surface area contributed by atoms with Crippen molar-refractivity contribution in [3.05, 3.63) is 0 Å². The summed E-state index contributed by atoms with van der Waals surface area (Å²) in [6.07, 6.45) is 0. The summed E-state index contributed by atoms with van der Waals surface area (Å²) in [5.74, 6) is 0. The molecule has 0 aromatic carbocycles. The Kier molecular flexibility index (Phi) is 54.8. The second-order valence-corrected chi connectivity index (χ2v) is 0.949. The maximum absolute atomic E-state index is 7.71. The minimum absolute atomic E-state index is 0. The van der Waals surface area contributed by atoms with Gasteiger partial charge in [0.05, 0.1) is 0 Å². The summed E-state index contributed by atoms with van der Waals surface area (Å²) in [5, 5.41) is 0. The molecule has 0 spiro atoms. The molecule has 0 aliphatic carbocycles. The van der Waals surface area contributed by atoms with Crippen LogP contribution in [0.15, 0.2) is 0 Å². The molecule has 0 unspecified atom stereocenters. The molecule has 1 nitrogen and oxygen atoms in total. The molecule has 0 atom stereocenters. The minimum atomic E-state index is -0.583. The van der Waals surface area contributed by atoms with E-state index in [1.165, 1.54) is 0 Å². The van der Waals surface area contributed by atoms with Crippen molar-refractivity contribution in [3.63, 3.8) is 0 Å². The Morgan fingerprint density at radius 2 is 1.60 bits per heavy atom. The molecule has 0 heterocycles. The van der Waals surface area contributed by atoms with E-state index < -0.39 is 9.76 Å². The number of hydrogen-bond acceptors (Lipinski definition) is 1.